The van der Waals surface area contributed by atoms with Gasteiger partial charge in [-0.1, -0.05) is 46.2 Å². The number of hydrogen-bond acceptors (Lipinski definition) is 2. The van der Waals surface area contributed by atoms with Crippen molar-refractivity contribution in [2.75, 3.05) is 19.6 Å². The number of nitrogens with one attached hydrogen (secondary N) is 2. The minimum absolute atomic E-state index is 0.0190. The summed E-state index contributed by atoms with van der Waals surface area (Å²) in [5.74, 6) is 0.0190. The van der Waals surface area contributed by atoms with Crippen molar-refractivity contribution in [3.05, 3.63) is 35.5 Å². The fraction of sp³-hybridized carbons (Fsp3) is 0.591. The number of H-pyrrole nitrogens is 1. The maximum atomic E-state index is 12.7. The molecule has 1 aromatic heterocycles. The Bertz CT molecular complexity index is 748. The zero-order chi connectivity index (χ0) is 18.7. The Morgan fingerprint density at radius 2 is 1.96 bits per heavy atom. The van der Waals surface area contributed by atoms with Gasteiger partial charge in [-0.25, -0.2) is 0 Å². The van der Waals surface area contributed by atoms with E-state index in [4.69, 9.17) is 0 Å². The second kappa shape index (κ2) is 7.83. The van der Waals surface area contributed by atoms with E-state index in [0.29, 0.717) is 5.69 Å². The van der Waals surface area contributed by atoms with Gasteiger partial charge in [0.1, 0.15) is 5.69 Å². The minimum Gasteiger partial charge on any atom is -0.351 e. The molecule has 0 bridgehead atoms. The first-order valence-corrected chi connectivity index (χ1v) is 10.0. The fourth-order valence-electron chi connectivity index (χ4n) is 3.66. The van der Waals surface area contributed by atoms with Crippen LogP contribution < -0.4 is 5.32 Å². The molecule has 1 saturated heterocycles. The van der Waals surface area contributed by atoms with E-state index in [1.807, 2.05) is 6.07 Å². The monoisotopic (exact) mass is 355 g/mol. The third-order valence-corrected chi connectivity index (χ3v) is 5.48. The number of aromatic nitrogens is 1. The maximum absolute atomic E-state index is 12.7. The third-order valence-electron chi connectivity index (χ3n) is 5.48. The summed E-state index contributed by atoms with van der Waals surface area (Å²) in [6.07, 6.45) is 4.60. The summed E-state index contributed by atoms with van der Waals surface area (Å²) < 4.78 is 0. The molecule has 1 aliphatic rings. The average Bonchev–Trinajstić information content (AvgIpc) is 3.04. The smallest absolute Gasteiger partial charge is 0.267 e. The standard InChI is InChI=1S/C22H33N3O/c1-5-6-11-25-12-9-18(10-13-25)23-21(26)20-14-16-7-8-17(22(2,3)4)15-19(16)24-20/h7-8,14-15,18,24H,5-6,9-13H2,1-4H3,(H,23,26). The van der Waals surface area contributed by atoms with E-state index in [-0.39, 0.29) is 17.4 Å². The van der Waals surface area contributed by atoms with Gasteiger partial charge >= 0.3 is 0 Å². The number of carbonyl (C=O) groups excluding carboxylic acids is 1. The molecule has 3 rings (SSSR count). The molecule has 0 saturated carbocycles. The Kier molecular flexibility index (Phi) is 5.71. The van der Waals surface area contributed by atoms with E-state index < -0.39 is 0 Å². The Balaban J connectivity index is 1.62. The highest BCUT2D eigenvalue weighted by Crippen LogP contribution is 2.26. The molecule has 2 N–H and O–H groups in total. The highest BCUT2D eigenvalue weighted by Gasteiger charge is 2.22. The molecule has 0 atom stereocenters. The molecular formula is C22H33N3O. The van der Waals surface area contributed by atoms with Crippen LogP contribution >= 0.6 is 0 Å². The molecule has 1 fully saturated rings. The molecule has 4 nitrogen and oxygen atoms in total. The first-order chi connectivity index (χ1) is 12.4. The maximum Gasteiger partial charge on any atom is 0.267 e. The quantitative estimate of drug-likeness (QED) is 0.832. The summed E-state index contributed by atoms with van der Waals surface area (Å²) in [7, 11) is 0. The molecule has 0 unspecified atom stereocenters. The number of aromatic amines is 1. The molecule has 0 spiro atoms. The number of unbranched alkanes of at least 4 members (excludes halogenated alkanes) is 1. The first-order valence-electron chi connectivity index (χ1n) is 10.0. The molecule has 4 heteroatoms. The summed E-state index contributed by atoms with van der Waals surface area (Å²) in [6.45, 7) is 12.2. The number of amides is 1. The summed E-state index contributed by atoms with van der Waals surface area (Å²) in [5, 5.41) is 4.32. The van der Waals surface area contributed by atoms with Crippen molar-refractivity contribution < 1.29 is 4.79 Å². The molecule has 2 heterocycles. The van der Waals surface area contributed by atoms with Crippen LogP contribution in [-0.2, 0) is 5.41 Å². The van der Waals surface area contributed by atoms with E-state index in [0.717, 1.165) is 36.8 Å². The van der Waals surface area contributed by atoms with Gasteiger partial charge in [0.2, 0.25) is 0 Å². The molecule has 0 aliphatic carbocycles. The molecule has 26 heavy (non-hydrogen) atoms. The van der Waals surface area contributed by atoms with Crippen LogP contribution in [0.1, 0.15) is 69.4 Å². The largest absolute Gasteiger partial charge is 0.351 e. The summed E-state index contributed by atoms with van der Waals surface area (Å²) in [4.78, 5) is 18.5. The van der Waals surface area contributed by atoms with Crippen molar-refractivity contribution in [1.82, 2.24) is 15.2 Å². The second-order valence-electron chi connectivity index (χ2n) is 8.68. The van der Waals surface area contributed by atoms with Gasteiger partial charge in [0.25, 0.3) is 5.91 Å². The van der Waals surface area contributed by atoms with Crippen LogP contribution in [0.15, 0.2) is 24.3 Å². The van der Waals surface area contributed by atoms with Crippen LogP contribution in [0.2, 0.25) is 0 Å². The lowest BCUT2D eigenvalue weighted by molar-refractivity contribution is 0.0906. The van der Waals surface area contributed by atoms with E-state index in [1.165, 1.54) is 24.9 Å². The molecular weight excluding hydrogens is 322 g/mol. The van der Waals surface area contributed by atoms with E-state index in [9.17, 15) is 4.79 Å². The molecule has 1 aromatic carbocycles. The summed E-state index contributed by atoms with van der Waals surface area (Å²) >= 11 is 0. The fourth-order valence-corrected chi connectivity index (χ4v) is 3.66. The predicted molar refractivity (Wildman–Crippen MR) is 109 cm³/mol. The Morgan fingerprint density at radius 3 is 2.62 bits per heavy atom. The Hall–Kier alpha value is -1.81. The van der Waals surface area contributed by atoms with Gasteiger partial charge < -0.3 is 15.2 Å². The van der Waals surface area contributed by atoms with Gasteiger partial charge in [0, 0.05) is 30.0 Å². The van der Waals surface area contributed by atoms with E-state index in [2.05, 4.69) is 61.1 Å². The second-order valence-corrected chi connectivity index (χ2v) is 8.68. The normalized spacial score (nSPS) is 16.9. The van der Waals surface area contributed by atoms with Gasteiger partial charge in [-0.2, -0.15) is 0 Å². The van der Waals surface area contributed by atoms with Gasteiger partial charge in [0.05, 0.1) is 0 Å². The minimum atomic E-state index is 0.0190. The average molecular weight is 356 g/mol. The Morgan fingerprint density at radius 1 is 1.23 bits per heavy atom. The summed E-state index contributed by atoms with van der Waals surface area (Å²) in [6, 6.07) is 8.68. The van der Waals surface area contributed by atoms with Crippen LogP contribution in [0.25, 0.3) is 10.9 Å². The van der Waals surface area contributed by atoms with E-state index >= 15 is 0 Å². The predicted octanol–water partition coefficient (Wildman–Crippen LogP) is 4.46. The molecule has 2 aromatic rings. The lowest BCUT2D eigenvalue weighted by Crippen LogP contribution is -2.44. The molecule has 1 aliphatic heterocycles. The van der Waals surface area contributed by atoms with Crippen LogP contribution in [0.4, 0.5) is 0 Å². The van der Waals surface area contributed by atoms with Gasteiger partial charge in [-0.3, -0.25) is 4.79 Å². The van der Waals surface area contributed by atoms with Crippen LogP contribution in [0.5, 0.6) is 0 Å². The van der Waals surface area contributed by atoms with Gasteiger partial charge in [-0.15, -0.1) is 0 Å². The number of nitrogens with zero attached hydrogens (tertiary/aromatic N) is 1. The van der Waals surface area contributed by atoms with Crippen molar-refractivity contribution >= 4 is 16.8 Å². The number of hydrogen-bond donors (Lipinski definition) is 2. The van der Waals surface area contributed by atoms with Crippen LogP contribution in [0, 0.1) is 0 Å². The van der Waals surface area contributed by atoms with Crippen LogP contribution in [0.3, 0.4) is 0 Å². The summed E-state index contributed by atoms with van der Waals surface area (Å²) in [5.41, 5.74) is 3.09. The molecule has 1 amide bonds. The molecule has 0 radical (unpaired) electrons. The van der Waals surface area contributed by atoms with Gasteiger partial charge in [0.15, 0.2) is 0 Å². The van der Waals surface area contributed by atoms with Gasteiger partial charge in [-0.05, 0) is 48.9 Å². The highest BCUT2D eigenvalue weighted by atomic mass is 16.1. The topological polar surface area (TPSA) is 48.1 Å². The third kappa shape index (κ3) is 4.47. The molecule has 142 valence electrons. The number of rotatable bonds is 5. The first kappa shape index (κ1) is 19.0. The zero-order valence-electron chi connectivity index (χ0n) is 16.7. The number of fused-ring (bicyclic) bond motifs is 1. The number of benzene rings is 1. The lowest BCUT2D eigenvalue weighted by atomic mass is 9.87. The van der Waals surface area contributed by atoms with Crippen molar-refractivity contribution in [3.8, 4) is 0 Å². The Labute approximate surface area is 157 Å². The van der Waals surface area contributed by atoms with Crippen molar-refractivity contribution in [1.29, 1.82) is 0 Å². The van der Waals surface area contributed by atoms with Crippen molar-refractivity contribution in [3.63, 3.8) is 0 Å². The SMILES string of the molecule is CCCCN1CCC(NC(=O)c2cc3ccc(C(C)(C)C)cc3[nH]2)CC1. The lowest BCUT2D eigenvalue weighted by Gasteiger charge is -2.32. The number of piperidine rings is 1. The van der Waals surface area contributed by atoms with E-state index in [1.54, 1.807) is 0 Å². The van der Waals surface area contributed by atoms with Crippen molar-refractivity contribution in [2.45, 2.75) is 64.8 Å². The number of likely N-dealkylation sites (tertiary alicyclic amines) is 1. The number of carbonyl (C=O) groups is 1. The van der Waals surface area contributed by atoms with Crippen LogP contribution in [-0.4, -0.2) is 41.5 Å². The highest BCUT2D eigenvalue weighted by molar-refractivity contribution is 5.98. The zero-order valence-corrected chi connectivity index (χ0v) is 16.7. The van der Waals surface area contributed by atoms with Crippen molar-refractivity contribution in [2.24, 2.45) is 0 Å².